The molecule has 0 aliphatic heterocycles. The van der Waals surface area contributed by atoms with E-state index in [2.05, 4.69) is 111 Å². The summed E-state index contributed by atoms with van der Waals surface area (Å²) in [5, 5.41) is 0. The Morgan fingerprint density at radius 2 is 1.77 bits per heavy atom. The molecule has 0 aromatic heterocycles. The summed E-state index contributed by atoms with van der Waals surface area (Å²) in [5.41, 5.74) is 9.40. The van der Waals surface area contributed by atoms with Crippen LogP contribution in [0.2, 0.25) is 0 Å². The summed E-state index contributed by atoms with van der Waals surface area (Å²) < 4.78 is 2.18. The van der Waals surface area contributed by atoms with E-state index < -0.39 is 0 Å². The van der Waals surface area contributed by atoms with Crippen LogP contribution in [0.3, 0.4) is 0 Å². The molecule has 2 aliphatic carbocycles. The van der Waals surface area contributed by atoms with Gasteiger partial charge in [0.15, 0.2) is 5.71 Å². The standard InChI is InChI=1S/C22H28BrN2.BrH/c1-14(23)21-17-10-8-15(24(4)5)12-19(17)22(2,3)20-13-16(25(6)7)9-11-18(20)21;/h8-14H,1-7H3;1H/q+1;/p-1. The van der Waals surface area contributed by atoms with Gasteiger partial charge >= 0.3 is 0 Å². The maximum Gasteiger partial charge on any atom is 0.199 e. The average molecular weight is 480 g/mol. The molecule has 0 bridgehead atoms. The van der Waals surface area contributed by atoms with Crippen LogP contribution in [0.15, 0.2) is 47.6 Å². The molecule has 0 saturated carbocycles. The molecule has 0 fully saturated rings. The Morgan fingerprint density at radius 3 is 2.31 bits per heavy atom. The van der Waals surface area contributed by atoms with Crippen LogP contribution in [0.25, 0.3) is 5.57 Å². The fourth-order valence-corrected chi connectivity index (χ4v) is 4.34. The van der Waals surface area contributed by atoms with Crippen LogP contribution in [0.5, 0.6) is 0 Å². The average Bonchev–Trinajstić information content (AvgIpc) is 2.54. The molecule has 1 unspecified atom stereocenters. The molecule has 0 heterocycles. The third-order valence-corrected chi connectivity index (χ3v) is 5.82. The number of benzene rings is 1. The summed E-state index contributed by atoms with van der Waals surface area (Å²) in [6.07, 6.45) is 6.88. The first-order valence-corrected chi connectivity index (χ1v) is 9.71. The molecule has 140 valence electrons. The second-order valence-electron chi connectivity index (χ2n) is 7.90. The van der Waals surface area contributed by atoms with Crippen molar-refractivity contribution in [3.8, 4) is 0 Å². The Bertz CT molecular complexity index is 849. The van der Waals surface area contributed by atoms with E-state index in [-0.39, 0.29) is 22.4 Å². The molecule has 26 heavy (non-hydrogen) atoms. The van der Waals surface area contributed by atoms with E-state index in [9.17, 15) is 0 Å². The van der Waals surface area contributed by atoms with Gasteiger partial charge in [0.1, 0.15) is 14.1 Å². The number of hydrogen-bond acceptors (Lipinski definition) is 1. The Morgan fingerprint density at radius 1 is 1.12 bits per heavy atom. The normalized spacial score (nSPS) is 18.5. The lowest BCUT2D eigenvalue weighted by Crippen LogP contribution is -3.00. The number of hydrogen-bond donors (Lipinski definition) is 0. The lowest BCUT2D eigenvalue weighted by Gasteiger charge is -2.40. The molecular formula is C22H28Br2N2. The minimum absolute atomic E-state index is 0. The molecule has 3 rings (SSSR count). The SMILES string of the molecule is CC(Br)C1=C2C=CC(=[N+](C)C)C=C2C(C)(C)c2cc(N(C)C)ccc21.[Br-]. The zero-order chi connectivity index (χ0) is 18.5. The molecule has 0 saturated heterocycles. The predicted molar refractivity (Wildman–Crippen MR) is 113 cm³/mol. The highest BCUT2D eigenvalue weighted by Crippen LogP contribution is 2.50. The second kappa shape index (κ2) is 7.47. The van der Waals surface area contributed by atoms with Crippen molar-refractivity contribution in [1.82, 2.24) is 0 Å². The van der Waals surface area contributed by atoms with Crippen molar-refractivity contribution in [3.63, 3.8) is 0 Å². The van der Waals surface area contributed by atoms with Gasteiger partial charge in [0.25, 0.3) is 0 Å². The van der Waals surface area contributed by atoms with Crippen molar-refractivity contribution in [1.29, 1.82) is 0 Å². The quantitative estimate of drug-likeness (QED) is 0.463. The van der Waals surface area contributed by atoms with E-state index in [0.717, 1.165) is 0 Å². The van der Waals surface area contributed by atoms with Crippen LogP contribution >= 0.6 is 15.9 Å². The molecule has 0 amide bonds. The van der Waals surface area contributed by atoms with E-state index in [0.29, 0.717) is 4.83 Å². The molecule has 1 aromatic rings. The summed E-state index contributed by atoms with van der Waals surface area (Å²) in [5.74, 6) is 0. The van der Waals surface area contributed by atoms with Crippen LogP contribution in [-0.4, -0.2) is 43.3 Å². The van der Waals surface area contributed by atoms with Crippen LogP contribution in [0.1, 0.15) is 31.9 Å². The van der Waals surface area contributed by atoms with Gasteiger partial charge < -0.3 is 21.9 Å². The number of alkyl halides is 1. The van der Waals surface area contributed by atoms with Gasteiger partial charge in [-0.15, -0.1) is 0 Å². The highest BCUT2D eigenvalue weighted by atomic mass is 79.9. The maximum atomic E-state index is 3.85. The minimum atomic E-state index is -0.0336. The number of anilines is 1. The molecule has 0 radical (unpaired) electrons. The number of fused-ring (bicyclic) bond motifs is 2. The Labute approximate surface area is 176 Å². The molecule has 0 spiro atoms. The van der Waals surface area contributed by atoms with Gasteiger partial charge in [-0.3, -0.25) is 0 Å². The van der Waals surface area contributed by atoms with Gasteiger partial charge in [0, 0.05) is 42.2 Å². The first kappa shape index (κ1) is 21.2. The number of rotatable bonds is 2. The molecule has 2 nitrogen and oxygen atoms in total. The van der Waals surface area contributed by atoms with E-state index in [1.807, 2.05) is 0 Å². The summed E-state index contributed by atoms with van der Waals surface area (Å²) in [6.45, 7) is 6.92. The molecular weight excluding hydrogens is 452 g/mol. The van der Waals surface area contributed by atoms with Gasteiger partial charge in [-0.1, -0.05) is 35.8 Å². The Hall–Kier alpha value is -1.13. The van der Waals surface area contributed by atoms with Crippen LogP contribution < -0.4 is 21.9 Å². The van der Waals surface area contributed by atoms with E-state index >= 15 is 0 Å². The monoisotopic (exact) mass is 478 g/mol. The number of allylic oxidation sites excluding steroid dienone is 6. The number of halogens is 2. The van der Waals surface area contributed by atoms with Gasteiger partial charge in [-0.05, 0) is 53.0 Å². The van der Waals surface area contributed by atoms with E-state index in [1.54, 1.807) is 0 Å². The summed E-state index contributed by atoms with van der Waals surface area (Å²) in [6, 6.07) is 6.88. The first-order valence-electron chi connectivity index (χ1n) is 8.80. The Balaban J connectivity index is 0.00000243. The van der Waals surface area contributed by atoms with Gasteiger partial charge in [0.2, 0.25) is 0 Å². The molecule has 4 heteroatoms. The fourth-order valence-electron chi connectivity index (χ4n) is 3.84. The smallest absolute Gasteiger partial charge is 0.199 e. The van der Waals surface area contributed by atoms with Gasteiger partial charge in [0.05, 0.1) is 0 Å². The van der Waals surface area contributed by atoms with Gasteiger partial charge in [-0.2, -0.15) is 0 Å². The van der Waals surface area contributed by atoms with Crippen LogP contribution in [0.4, 0.5) is 5.69 Å². The maximum absolute atomic E-state index is 3.85. The van der Waals surface area contributed by atoms with Crippen LogP contribution in [-0.2, 0) is 5.41 Å². The third-order valence-electron chi connectivity index (χ3n) is 5.36. The third kappa shape index (κ3) is 3.38. The van der Waals surface area contributed by atoms with Crippen molar-refractivity contribution in [2.45, 2.75) is 31.0 Å². The highest BCUT2D eigenvalue weighted by molar-refractivity contribution is 9.09. The minimum Gasteiger partial charge on any atom is -1.00 e. The van der Waals surface area contributed by atoms with Gasteiger partial charge in [-0.25, -0.2) is 4.58 Å². The van der Waals surface area contributed by atoms with E-state index in [1.165, 1.54) is 39.2 Å². The van der Waals surface area contributed by atoms with Crippen molar-refractivity contribution < 1.29 is 21.6 Å². The lowest BCUT2D eigenvalue weighted by atomic mass is 9.65. The van der Waals surface area contributed by atoms with Crippen molar-refractivity contribution in [2.75, 3.05) is 33.1 Å². The summed E-state index contributed by atoms with van der Waals surface area (Å²) in [4.78, 5) is 2.48. The summed E-state index contributed by atoms with van der Waals surface area (Å²) >= 11 is 3.85. The second-order valence-corrected chi connectivity index (χ2v) is 9.28. The molecule has 0 N–H and O–H groups in total. The first-order chi connectivity index (χ1) is 11.6. The zero-order valence-corrected chi connectivity index (χ0v) is 19.9. The predicted octanol–water partition coefficient (Wildman–Crippen LogP) is 1.79. The zero-order valence-electron chi connectivity index (χ0n) is 16.7. The Kier molecular flexibility index (Phi) is 6.09. The van der Waals surface area contributed by atoms with E-state index in [4.69, 9.17) is 0 Å². The fraction of sp³-hybridized carbons (Fsp3) is 0.409. The highest BCUT2D eigenvalue weighted by Gasteiger charge is 2.39. The lowest BCUT2D eigenvalue weighted by molar-refractivity contribution is -0.462. The van der Waals surface area contributed by atoms with Crippen molar-refractivity contribution in [2.24, 2.45) is 0 Å². The number of nitrogens with zero attached hydrogens (tertiary/aromatic N) is 2. The summed E-state index contributed by atoms with van der Waals surface area (Å²) in [7, 11) is 8.42. The van der Waals surface area contributed by atoms with Crippen LogP contribution in [0, 0.1) is 0 Å². The van der Waals surface area contributed by atoms with Crippen molar-refractivity contribution in [3.05, 3.63) is 58.7 Å². The largest absolute Gasteiger partial charge is 1.00 e. The molecule has 1 aromatic carbocycles. The van der Waals surface area contributed by atoms with Crippen molar-refractivity contribution >= 4 is 32.9 Å². The molecule has 2 aliphatic rings. The molecule has 1 atom stereocenters. The topological polar surface area (TPSA) is 6.25 Å².